The molecule has 0 spiro atoms. The summed E-state index contributed by atoms with van der Waals surface area (Å²) in [5.74, 6) is -0.0451. The van der Waals surface area contributed by atoms with Gasteiger partial charge in [-0.2, -0.15) is 0 Å². The summed E-state index contributed by atoms with van der Waals surface area (Å²) < 4.78 is 20.5. The molecule has 0 aliphatic carbocycles. The monoisotopic (exact) mass is 410 g/mol. The van der Waals surface area contributed by atoms with Gasteiger partial charge in [-0.1, -0.05) is 13.2 Å². The van der Waals surface area contributed by atoms with Crippen LogP contribution in [0.4, 0.5) is 0 Å². The van der Waals surface area contributed by atoms with Crippen LogP contribution in [0.1, 0.15) is 15.9 Å². The minimum Gasteiger partial charge on any atom is -0.490 e. The van der Waals surface area contributed by atoms with Gasteiger partial charge in [-0.15, -0.1) is 0 Å². The zero-order chi connectivity index (χ0) is 21.8. The molecule has 0 heterocycles. The molecule has 0 atom stereocenters. The minimum absolute atomic E-state index is 0.108. The van der Waals surface area contributed by atoms with E-state index in [2.05, 4.69) is 13.2 Å². The van der Waals surface area contributed by atoms with Crippen molar-refractivity contribution in [3.05, 3.63) is 85.0 Å². The summed E-state index contributed by atoms with van der Waals surface area (Å²) in [5.41, 5.74) is 1.01. The molecular weight excluding hydrogens is 388 g/mol. The number of carbonyl (C=O) groups excluding carboxylic acids is 3. The van der Waals surface area contributed by atoms with Gasteiger partial charge in [0.15, 0.2) is 5.78 Å². The van der Waals surface area contributed by atoms with Crippen molar-refractivity contribution >= 4 is 17.7 Å². The summed E-state index contributed by atoms with van der Waals surface area (Å²) in [6, 6.07) is 13.3. The van der Waals surface area contributed by atoms with Crippen LogP contribution in [0.25, 0.3) is 0 Å². The Balaban J connectivity index is 1.82. The molecule has 0 aliphatic rings. The highest BCUT2D eigenvalue weighted by atomic mass is 16.6. The van der Waals surface area contributed by atoms with Crippen molar-refractivity contribution in [1.82, 2.24) is 0 Å². The standard InChI is InChI=1S/C23H22O7/c1-3-21(24)29-15-13-27-19-9-5-17(6-10-19)23(26)18-7-11-20(12-8-18)28-14-16-30-22(25)4-2/h3-12H,1-2,13-16H2. The summed E-state index contributed by atoms with van der Waals surface area (Å²) in [4.78, 5) is 34.5. The third-order valence-corrected chi connectivity index (χ3v) is 3.76. The van der Waals surface area contributed by atoms with Crippen LogP contribution >= 0.6 is 0 Å². The molecule has 2 aromatic rings. The van der Waals surface area contributed by atoms with Crippen molar-refractivity contribution < 1.29 is 33.3 Å². The zero-order valence-corrected chi connectivity index (χ0v) is 16.4. The second kappa shape index (κ2) is 11.9. The summed E-state index contributed by atoms with van der Waals surface area (Å²) in [6.07, 6.45) is 2.17. The quantitative estimate of drug-likeness (QED) is 0.230. The fourth-order valence-electron chi connectivity index (χ4n) is 2.29. The average molecular weight is 410 g/mol. The topological polar surface area (TPSA) is 88.1 Å². The Morgan fingerprint density at radius 3 is 1.33 bits per heavy atom. The molecule has 156 valence electrons. The number of ketones is 1. The fraction of sp³-hybridized carbons (Fsp3) is 0.174. The van der Waals surface area contributed by atoms with E-state index in [4.69, 9.17) is 18.9 Å². The maximum Gasteiger partial charge on any atom is 0.330 e. The first-order chi connectivity index (χ1) is 14.5. The number of carbonyl (C=O) groups is 3. The van der Waals surface area contributed by atoms with Gasteiger partial charge < -0.3 is 18.9 Å². The molecule has 7 heteroatoms. The molecule has 7 nitrogen and oxygen atoms in total. The normalized spacial score (nSPS) is 9.87. The molecule has 0 saturated heterocycles. The maximum atomic E-state index is 12.6. The molecule has 30 heavy (non-hydrogen) atoms. The van der Waals surface area contributed by atoms with E-state index in [-0.39, 0.29) is 32.2 Å². The Labute approximate surface area is 174 Å². The van der Waals surface area contributed by atoms with Crippen LogP contribution in [0.2, 0.25) is 0 Å². The Morgan fingerprint density at radius 1 is 0.633 bits per heavy atom. The number of hydrogen-bond donors (Lipinski definition) is 0. The molecular formula is C23H22O7. The number of ether oxygens (including phenoxy) is 4. The first-order valence-electron chi connectivity index (χ1n) is 9.12. The van der Waals surface area contributed by atoms with Gasteiger partial charge >= 0.3 is 11.9 Å². The smallest absolute Gasteiger partial charge is 0.330 e. The lowest BCUT2D eigenvalue weighted by molar-refractivity contribution is -0.139. The highest BCUT2D eigenvalue weighted by Crippen LogP contribution is 2.18. The predicted molar refractivity (Wildman–Crippen MR) is 110 cm³/mol. The molecule has 0 amide bonds. The molecule has 0 unspecified atom stereocenters. The maximum absolute atomic E-state index is 12.6. The number of benzene rings is 2. The molecule has 0 bridgehead atoms. The first-order valence-corrected chi connectivity index (χ1v) is 9.12. The Morgan fingerprint density at radius 2 is 1.00 bits per heavy atom. The Hall–Kier alpha value is -3.87. The lowest BCUT2D eigenvalue weighted by Gasteiger charge is -2.08. The average Bonchev–Trinajstić information content (AvgIpc) is 2.79. The largest absolute Gasteiger partial charge is 0.490 e. The number of esters is 2. The van der Waals surface area contributed by atoms with Crippen LogP contribution in [-0.2, 0) is 19.1 Å². The van der Waals surface area contributed by atoms with E-state index < -0.39 is 11.9 Å². The van der Waals surface area contributed by atoms with Crippen LogP contribution in [-0.4, -0.2) is 44.1 Å². The fourth-order valence-corrected chi connectivity index (χ4v) is 2.29. The predicted octanol–water partition coefficient (Wildman–Crippen LogP) is 3.13. The third kappa shape index (κ3) is 7.27. The van der Waals surface area contributed by atoms with Gasteiger partial charge in [0.2, 0.25) is 0 Å². The summed E-state index contributed by atoms with van der Waals surface area (Å²) in [5, 5.41) is 0. The molecule has 0 aliphatic heterocycles. The highest BCUT2D eigenvalue weighted by molar-refractivity contribution is 6.09. The van der Waals surface area contributed by atoms with Gasteiger partial charge in [-0.3, -0.25) is 4.79 Å². The number of rotatable bonds is 12. The lowest BCUT2D eigenvalue weighted by Crippen LogP contribution is -2.10. The van der Waals surface area contributed by atoms with E-state index in [0.717, 1.165) is 12.2 Å². The van der Waals surface area contributed by atoms with Crippen LogP contribution in [0.5, 0.6) is 11.5 Å². The van der Waals surface area contributed by atoms with Crippen molar-refractivity contribution in [1.29, 1.82) is 0 Å². The van der Waals surface area contributed by atoms with Crippen molar-refractivity contribution in [3.63, 3.8) is 0 Å². The molecule has 0 saturated carbocycles. The Bertz CT molecular complexity index is 809. The molecule has 0 N–H and O–H groups in total. The van der Waals surface area contributed by atoms with E-state index in [1.807, 2.05) is 0 Å². The van der Waals surface area contributed by atoms with Crippen LogP contribution in [0, 0.1) is 0 Å². The number of hydrogen-bond acceptors (Lipinski definition) is 7. The van der Waals surface area contributed by atoms with Gasteiger partial charge in [-0.25, -0.2) is 9.59 Å². The summed E-state index contributed by atoms with van der Waals surface area (Å²) >= 11 is 0. The summed E-state index contributed by atoms with van der Waals surface area (Å²) in [6.45, 7) is 7.22. The summed E-state index contributed by atoms with van der Waals surface area (Å²) in [7, 11) is 0. The second-order valence-corrected chi connectivity index (χ2v) is 5.82. The molecule has 0 aromatic heterocycles. The van der Waals surface area contributed by atoms with Gasteiger partial charge in [0, 0.05) is 23.3 Å². The molecule has 0 radical (unpaired) electrons. The minimum atomic E-state index is -0.507. The Kier molecular flexibility index (Phi) is 8.86. The zero-order valence-electron chi connectivity index (χ0n) is 16.4. The van der Waals surface area contributed by atoms with Gasteiger partial charge in [0.1, 0.15) is 37.9 Å². The SMILES string of the molecule is C=CC(=O)OCCOc1ccc(C(=O)c2ccc(OCCOC(=O)C=C)cc2)cc1. The molecule has 0 fully saturated rings. The van der Waals surface area contributed by atoms with Crippen molar-refractivity contribution in [2.75, 3.05) is 26.4 Å². The molecule has 2 rings (SSSR count). The first kappa shape index (κ1) is 22.4. The lowest BCUT2D eigenvalue weighted by atomic mass is 10.0. The van der Waals surface area contributed by atoms with E-state index >= 15 is 0 Å². The van der Waals surface area contributed by atoms with E-state index in [1.165, 1.54) is 0 Å². The van der Waals surface area contributed by atoms with Crippen molar-refractivity contribution in [2.24, 2.45) is 0 Å². The van der Waals surface area contributed by atoms with Crippen molar-refractivity contribution in [2.45, 2.75) is 0 Å². The van der Waals surface area contributed by atoms with Gasteiger partial charge in [0.05, 0.1) is 0 Å². The van der Waals surface area contributed by atoms with E-state index in [9.17, 15) is 14.4 Å². The van der Waals surface area contributed by atoms with Crippen molar-refractivity contribution in [3.8, 4) is 11.5 Å². The van der Waals surface area contributed by atoms with Crippen LogP contribution in [0.15, 0.2) is 73.8 Å². The van der Waals surface area contributed by atoms with Gasteiger partial charge in [0.25, 0.3) is 0 Å². The molecule has 2 aromatic carbocycles. The van der Waals surface area contributed by atoms with E-state index in [0.29, 0.717) is 22.6 Å². The highest BCUT2D eigenvalue weighted by Gasteiger charge is 2.10. The van der Waals surface area contributed by atoms with Crippen LogP contribution < -0.4 is 9.47 Å². The van der Waals surface area contributed by atoms with Gasteiger partial charge in [-0.05, 0) is 48.5 Å². The van der Waals surface area contributed by atoms with Crippen LogP contribution in [0.3, 0.4) is 0 Å². The second-order valence-electron chi connectivity index (χ2n) is 5.82. The third-order valence-electron chi connectivity index (χ3n) is 3.76. The van der Waals surface area contributed by atoms with E-state index in [1.54, 1.807) is 48.5 Å².